The van der Waals surface area contributed by atoms with Gasteiger partial charge in [-0.2, -0.15) is 0 Å². The SMILES string of the molecule is CN(C)C(=O)[C@@H]1CN(C(=O)C2(N3CCCC3)CCCC2)CCO1. The number of ether oxygens (including phenoxy) is 1. The highest BCUT2D eigenvalue weighted by Crippen LogP contribution is 2.39. The topological polar surface area (TPSA) is 53.1 Å². The summed E-state index contributed by atoms with van der Waals surface area (Å²) in [5, 5.41) is 0. The van der Waals surface area contributed by atoms with Gasteiger partial charge in [-0.3, -0.25) is 14.5 Å². The van der Waals surface area contributed by atoms with Crippen molar-refractivity contribution < 1.29 is 14.3 Å². The van der Waals surface area contributed by atoms with Crippen molar-refractivity contribution in [1.29, 1.82) is 0 Å². The molecule has 2 amide bonds. The van der Waals surface area contributed by atoms with Crippen LogP contribution in [0.5, 0.6) is 0 Å². The number of nitrogens with zero attached hydrogens (tertiary/aromatic N) is 3. The van der Waals surface area contributed by atoms with E-state index in [4.69, 9.17) is 4.74 Å². The van der Waals surface area contributed by atoms with Crippen molar-refractivity contribution in [3.8, 4) is 0 Å². The molecular formula is C17H29N3O3. The number of carbonyl (C=O) groups is 2. The number of amides is 2. The molecule has 3 fully saturated rings. The second kappa shape index (κ2) is 6.77. The predicted octanol–water partition coefficient (Wildman–Crippen LogP) is 0.711. The highest BCUT2D eigenvalue weighted by atomic mass is 16.5. The van der Waals surface area contributed by atoms with Gasteiger partial charge < -0.3 is 14.5 Å². The molecule has 3 rings (SSSR count). The second-order valence-corrected chi connectivity index (χ2v) is 7.28. The number of hydrogen-bond donors (Lipinski definition) is 0. The molecular weight excluding hydrogens is 294 g/mol. The minimum atomic E-state index is -0.514. The molecule has 2 saturated heterocycles. The Kier molecular flexibility index (Phi) is 4.92. The van der Waals surface area contributed by atoms with Crippen molar-refractivity contribution in [3.63, 3.8) is 0 Å². The number of rotatable bonds is 3. The van der Waals surface area contributed by atoms with Gasteiger partial charge in [0, 0.05) is 20.6 Å². The van der Waals surface area contributed by atoms with E-state index in [1.807, 2.05) is 4.90 Å². The second-order valence-electron chi connectivity index (χ2n) is 7.28. The summed E-state index contributed by atoms with van der Waals surface area (Å²) in [5.41, 5.74) is -0.306. The Hall–Kier alpha value is -1.14. The normalized spacial score (nSPS) is 28.1. The van der Waals surface area contributed by atoms with Gasteiger partial charge in [-0.15, -0.1) is 0 Å². The highest BCUT2D eigenvalue weighted by Gasteiger charge is 2.49. The Morgan fingerprint density at radius 1 is 1.04 bits per heavy atom. The lowest BCUT2D eigenvalue weighted by Crippen LogP contribution is -2.61. The molecule has 0 spiro atoms. The quantitative estimate of drug-likeness (QED) is 0.768. The van der Waals surface area contributed by atoms with E-state index in [1.54, 1.807) is 19.0 Å². The minimum Gasteiger partial charge on any atom is -0.365 e. The number of hydrogen-bond acceptors (Lipinski definition) is 4. The average Bonchev–Trinajstić information content (AvgIpc) is 3.25. The van der Waals surface area contributed by atoms with Gasteiger partial charge >= 0.3 is 0 Å². The Morgan fingerprint density at radius 2 is 1.70 bits per heavy atom. The van der Waals surface area contributed by atoms with Crippen LogP contribution < -0.4 is 0 Å². The van der Waals surface area contributed by atoms with Crippen molar-refractivity contribution in [1.82, 2.24) is 14.7 Å². The lowest BCUT2D eigenvalue weighted by atomic mass is 9.92. The molecule has 0 N–H and O–H groups in total. The number of morpholine rings is 1. The summed E-state index contributed by atoms with van der Waals surface area (Å²) in [6.07, 6.45) is 6.07. The van der Waals surface area contributed by atoms with E-state index >= 15 is 0 Å². The molecule has 0 bridgehead atoms. The first-order valence-corrected chi connectivity index (χ1v) is 8.92. The predicted molar refractivity (Wildman–Crippen MR) is 87.0 cm³/mol. The minimum absolute atomic E-state index is 0.0517. The van der Waals surface area contributed by atoms with Crippen LogP contribution in [0.1, 0.15) is 38.5 Å². The third-order valence-electron chi connectivity index (χ3n) is 5.61. The van der Waals surface area contributed by atoms with Gasteiger partial charge in [0.05, 0.1) is 13.2 Å². The van der Waals surface area contributed by atoms with Gasteiger partial charge in [-0.25, -0.2) is 0 Å². The first-order chi connectivity index (χ1) is 11.0. The van der Waals surface area contributed by atoms with Crippen LogP contribution in [0.2, 0.25) is 0 Å². The van der Waals surface area contributed by atoms with Crippen molar-refractivity contribution in [3.05, 3.63) is 0 Å². The molecule has 1 saturated carbocycles. The van der Waals surface area contributed by atoms with Gasteiger partial charge in [-0.1, -0.05) is 12.8 Å². The summed E-state index contributed by atoms with van der Waals surface area (Å²) < 4.78 is 5.60. The third kappa shape index (κ3) is 3.11. The number of likely N-dealkylation sites (tertiary alicyclic amines) is 1. The molecule has 2 heterocycles. The van der Waals surface area contributed by atoms with Crippen LogP contribution in [-0.2, 0) is 14.3 Å². The lowest BCUT2D eigenvalue weighted by molar-refractivity contribution is -0.158. The van der Waals surface area contributed by atoms with Crippen LogP contribution in [0.25, 0.3) is 0 Å². The van der Waals surface area contributed by atoms with Crippen molar-refractivity contribution in [2.24, 2.45) is 0 Å². The molecule has 1 aliphatic carbocycles. The summed E-state index contributed by atoms with van der Waals surface area (Å²) in [5.74, 6) is 0.181. The van der Waals surface area contributed by atoms with Crippen molar-refractivity contribution in [2.75, 3.05) is 46.9 Å². The zero-order valence-corrected chi connectivity index (χ0v) is 14.4. The van der Waals surface area contributed by atoms with E-state index < -0.39 is 6.10 Å². The first-order valence-electron chi connectivity index (χ1n) is 8.92. The van der Waals surface area contributed by atoms with Gasteiger partial charge in [0.25, 0.3) is 5.91 Å². The third-order valence-corrected chi connectivity index (χ3v) is 5.61. The van der Waals surface area contributed by atoms with Crippen molar-refractivity contribution in [2.45, 2.75) is 50.2 Å². The van der Waals surface area contributed by atoms with E-state index in [2.05, 4.69) is 4.90 Å². The lowest BCUT2D eigenvalue weighted by Gasteiger charge is -2.43. The molecule has 6 nitrogen and oxygen atoms in total. The largest absolute Gasteiger partial charge is 0.365 e. The molecule has 1 atom stereocenters. The van der Waals surface area contributed by atoms with Crippen LogP contribution in [-0.4, -0.2) is 85.0 Å². The molecule has 0 unspecified atom stereocenters. The fourth-order valence-corrected chi connectivity index (χ4v) is 4.34. The maximum Gasteiger partial charge on any atom is 0.253 e. The van der Waals surface area contributed by atoms with Crippen LogP contribution >= 0.6 is 0 Å². The van der Waals surface area contributed by atoms with E-state index in [9.17, 15) is 9.59 Å². The monoisotopic (exact) mass is 323 g/mol. The molecule has 130 valence electrons. The molecule has 0 radical (unpaired) electrons. The first kappa shape index (κ1) is 16.7. The molecule has 3 aliphatic rings. The highest BCUT2D eigenvalue weighted by molar-refractivity contribution is 5.88. The summed E-state index contributed by atoms with van der Waals surface area (Å²) >= 11 is 0. The maximum absolute atomic E-state index is 13.4. The van der Waals surface area contributed by atoms with Gasteiger partial charge in [0.1, 0.15) is 5.54 Å². The number of carbonyl (C=O) groups excluding carboxylic acids is 2. The smallest absolute Gasteiger partial charge is 0.253 e. The molecule has 0 aromatic rings. The van der Waals surface area contributed by atoms with E-state index in [0.29, 0.717) is 19.7 Å². The van der Waals surface area contributed by atoms with E-state index in [-0.39, 0.29) is 17.4 Å². The van der Waals surface area contributed by atoms with Crippen LogP contribution in [0.15, 0.2) is 0 Å². The van der Waals surface area contributed by atoms with Crippen LogP contribution in [0.3, 0.4) is 0 Å². The summed E-state index contributed by atoms with van der Waals surface area (Å²) in [6.45, 7) is 3.52. The standard InChI is InChI=1S/C17H29N3O3/c1-18(2)15(21)14-13-19(11-12-23-14)16(22)17(7-3-4-8-17)20-9-5-6-10-20/h14H,3-13H2,1-2H3/t14-/m0/s1. The molecule has 23 heavy (non-hydrogen) atoms. The summed E-state index contributed by atoms with van der Waals surface area (Å²) in [7, 11) is 3.46. The zero-order valence-electron chi connectivity index (χ0n) is 14.4. The zero-order chi connectivity index (χ0) is 16.4. The molecule has 0 aromatic heterocycles. The van der Waals surface area contributed by atoms with E-state index in [1.165, 1.54) is 12.8 Å². The van der Waals surface area contributed by atoms with Crippen LogP contribution in [0.4, 0.5) is 0 Å². The van der Waals surface area contributed by atoms with Gasteiger partial charge in [0.2, 0.25) is 5.91 Å². The molecule has 6 heteroatoms. The summed E-state index contributed by atoms with van der Waals surface area (Å²) in [6, 6.07) is 0. The fourth-order valence-electron chi connectivity index (χ4n) is 4.34. The van der Waals surface area contributed by atoms with E-state index in [0.717, 1.165) is 38.8 Å². The van der Waals surface area contributed by atoms with Gasteiger partial charge in [0.15, 0.2) is 6.10 Å². The Labute approximate surface area is 138 Å². The maximum atomic E-state index is 13.4. The van der Waals surface area contributed by atoms with Crippen LogP contribution in [0, 0.1) is 0 Å². The van der Waals surface area contributed by atoms with Crippen molar-refractivity contribution >= 4 is 11.8 Å². The Morgan fingerprint density at radius 3 is 2.30 bits per heavy atom. The number of likely N-dealkylation sites (N-methyl/N-ethyl adjacent to an activating group) is 1. The fraction of sp³-hybridized carbons (Fsp3) is 0.882. The Balaban J connectivity index is 1.73. The van der Waals surface area contributed by atoms with Gasteiger partial charge in [-0.05, 0) is 38.8 Å². The molecule has 2 aliphatic heterocycles. The summed E-state index contributed by atoms with van der Waals surface area (Å²) in [4.78, 5) is 31.4. The average molecular weight is 323 g/mol. The molecule has 0 aromatic carbocycles. The Bertz CT molecular complexity index is 454.